The second-order valence-electron chi connectivity index (χ2n) is 5.62. The van der Waals surface area contributed by atoms with Crippen molar-refractivity contribution in [1.29, 1.82) is 0 Å². The van der Waals surface area contributed by atoms with Crippen molar-refractivity contribution in [2.75, 3.05) is 17.3 Å². The molecular weight excluding hydrogens is 326 g/mol. The van der Waals surface area contributed by atoms with E-state index in [1.807, 2.05) is 24.3 Å². The Kier molecular flexibility index (Phi) is 4.35. The number of benzene rings is 1. The van der Waals surface area contributed by atoms with Gasteiger partial charge in [0.25, 0.3) is 0 Å². The Balaban J connectivity index is 1.91. The number of carbonyl (C=O) groups excluding carboxylic acids is 1. The zero-order valence-corrected chi connectivity index (χ0v) is 13.9. The maximum Gasteiger partial charge on any atom is 0.234 e. The number of sulfone groups is 1. The maximum absolute atomic E-state index is 12.7. The first kappa shape index (κ1) is 16.2. The van der Waals surface area contributed by atoms with Gasteiger partial charge in [0.05, 0.1) is 17.9 Å². The first-order valence-electron chi connectivity index (χ1n) is 7.40. The van der Waals surface area contributed by atoms with Gasteiger partial charge in [0, 0.05) is 12.5 Å². The van der Waals surface area contributed by atoms with Gasteiger partial charge in [-0.3, -0.25) is 9.20 Å². The summed E-state index contributed by atoms with van der Waals surface area (Å²) in [5.74, 6) is -0.905. The molecule has 0 saturated carbocycles. The van der Waals surface area contributed by atoms with E-state index in [0.29, 0.717) is 17.0 Å². The van der Waals surface area contributed by atoms with Gasteiger partial charge in [-0.05, 0) is 17.7 Å². The summed E-state index contributed by atoms with van der Waals surface area (Å²) < 4.78 is 25.2. The Morgan fingerprint density at radius 1 is 1.17 bits per heavy atom. The molecule has 0 aliphatic heterocycles. The van der Waals surface area contributed by atoms with Crippen LogP contribution in [0.25, 0.3) is 5.65 Å². The zero-order chi connectivity index (χ0) is 17.2. The lowest BCUT2D eigenvalue weighted by Crippen LogP contribution is -2.27. The summed E-state index contributed by atoms with van der Waals surface area (Å²) in [6.45, 7) is 0. The second-order valence-corrected chi connectivity index (χ2v) is 7.80. The van der Waals surface area contributed by atoms with Crippen molar-refractivity contribution in [3.05, 3.63) is 66.5 Å². The molecule has 0 fully saturated rings. The minimum Gasteiger partial charge on any atom is -0.310 e. The van der Waals surface area contributed by atoms with Crippen LogP contribution in [0.3, 0.4) is 0 Å². The fourth-order valence-electron chi connectivity index (χ4n) is 2.55. The topological polar surface area (TPSA) is 80.5 Å². The van der Waals surface area contributed by atoms with Crippen LogP contribution >= 0.6 is 0 Å². The molecule has 0 aliphatic rings. The van der Waals surface area contributed by atoms with E-state index < -0.39 is 15.8 Å². The van der Waals surface area contributed by atoms with Crippen LogP contribution < -0.4 is 5.32 Å². The van der Waals surface area contributed by atoms with Crippen LogP contribution in [0.15, 0.2) is 60.9 Å². The SMILES string of the molecule is CS(=O)(=O)CC(C(=O)Nc1cnc2ccccn12)c1ccccc1. The Morgan fingerprint density at radius 2 is 1.88 bits per heavy atom. The minimum absolute atomic E-state index is 0.250. The molecule has 124 valence electrons. The van der Waals surface area contributed by atoms with Crippen molar-refractivity contribution in [3.63, 3.8) is 0 Å². The molecule has 0 aliphatic carbocycles. The minimum atomic E-state index is -3.32. The van der Waals surface area contributed by atoms with Crippen molar-refractivity contribution in [2.24, 2.45) is 0 Å². The van der Waals surface area contributed by atoms with E-state index >= 15 is 0 Å². The van der Waals surface area contributed by atoms with Gasteiger partial charge in [-0.15, -0.1) is 0 Å². The molecule has 7 heteroatoms. The summed E-state index contributed by atoms with van der Waals surface area (Å²) in [7, 11) is -3.32. The monoisotopic (exact) mass is 343 g/mol. The van der Waals surface area contributed by atoms with Crippen molar-refractivity contribution in [3.8, 4) is 0 Å². The lowest BCUT2D eigenvalue weighted by molar-refractivity contribution is -0.117. The molecule has 0 saturated heterocycles. The molecule has 2 heterocycles. The smallest absolute Gasteiger partial charge is 0.234 e. The molecule has 1 N–H and O–H groups in total. The van der Waals surface area contributed by atoms with Crippen molar-refractivity contribution >= 4 is 27.2 Å². The number of fused-ring (bicyclic) bond motifs is 1. The first-order chi connectivity index (χ1) is 11.4. The van der Waals surface area contributed by atoms with Crippen LogP contribution in [0.1, 0.15) is 11.5 Å². The summed E-state index contributed by atoms with van der Waals surface area (Å²) in [5.41, 5.74) is 1.36. The van der Waals surface area contributed by atoms with Gasteiger partial charge < -0.3 is 5.32 Å². The van der Waals surface area contributed by atoms with E-state index in [1.54, 1.807) is 41.1 Å². The number of pyridine rings is 1. The van der Waals surface area contributed by atoms with Crippen molar-refractivity contribution in [1.82, 2.24) is 9.38 Å². The number of nitrogens with one attached hydrogen (secondary N) is 1. The van der Waals surface area contributed by atoms with Gasteiger partial charge in [0.15, 0.2) is 0 Å². The Hall–Kier alpha value is -2.67. The summed E-state index contributed by atoms with van der Waals surface area (Å²) in [6.07, 6.45) is 4.46. The zero-order valence-electron chi connectivity index (χ0n) is 13.1. The third-order valence-electron chi connectivity index (χ3n) is 3.66. The third-order valence-corrected chi connectivity index (χ3v) is 4.59. The molecule has 1 aromatic carbocycles. The lowest BCUT2D eigenvalue weighted by atomic mass is 10.0. The van der Waals surface area contributed by atoms with E-state index in [9.17, 15) is 13.2 Å². The van der Waals surface area contributed by atoms with Gasteiger partial charge in [-0.1, -0.05) is 36.4 Å². The molecule has 2 aromatic heterocycles. The van der Waals surface area contributed by atoms with E-state index in [-0.39, 0.29) is 11.7 Å². The van der Waals surface area contributed by atoms with Crippen LogP contribution in [0.2, 0.25) is 0 Å². The van der Waals surface area contributed by atoms with Crippen molar-refractivity contribution < 1.29 is 13.2 Å². The highest BCUT2D eigenvalue weighted by atomic mass is 32.2. The van der Waals surface area contributed by atoms with E-state index in [1.165, 1.54) is 0 Å². The van der Waals surface area contributed by atoms with Crippen LogP contribution in [-0.4, -0.2) is 35.7 Å². The Labute approximate surface area is 140 Å². The van der Waals surface area contributed by atoms with E-state index in [0.717, 1.165) is 6.26 Å². The molecule has 1 unspecified atom stereocenters. The summed E-state index contributed by atoms with van der Waals surface area (Å²) in [4.78, 5) is 16.9. The number of carbonyl (C=O) groups is 1. The number of anilines is 1. The van der Waals surface area contributed by atoms with Gasteiger partial charge in [0.1, 0.15) is 21.3 Å². The highest BCUT2D eigenvalue weighted by molar-refractivity contribution is 7.90. The average Bonchev–Trinajstić information content (AvgIpc) is 2.96. The molecule has 24 heavy (non-hydrogen) atoms. The Bertz CT molecular complexity index is 965. The van der Waals surface area contributed by atoms with Gasteiger partial charge in [-0.2, -0.15) is 0 Å². The Morgan fingerprint density at radius 3 is 2.58 bits per heavy atom. The van der Waals surface area contributed by atoms with Gasteiger partial charge in [-0.25, -0.2) is 13.4 Å². The number of amides is 1. The van der Waals surface area contributed by atoms with E-state index in [2.05, 4.69) is 10.3 Å². The largest absolute Gasteiger partial charge is 0.310 e. The number of rotatable bonds is 5. The summed E-state index contributed by atoms with van der Waals surface area (Å²) in [5, 5.41) is 2.78. The number of hydrogen-bond donors (Lipinski definition) is 1. The molecule has 1 atom stereocenters. The molecular formula is C17H17N3O3S. The van der Waals surface area contributed by atoms with Crippen LogP contribution in [-0.2, 0) is 14.6 Å². The predicted octanol–water partition coefficient (Wildman–Crippen LogP) is 2.10. The van der Waals surface area contributed by atoms with Crippen LogP contribution in [0.4, 0.5) is 5.82 Å². The average molecular weight is 343 g/mol. The number of hydrogen-bond acceptors (Lipinski definition) is 4. The third kappa shape index (κ3) is 3.62. The number of nitrogens with zero attached hydrogens (tertiary/aromatic N) is 2. The molecule has 0 radical (unpaired) electrons. The quantitative estimate of drug-likeness (QED) is 0.769. The fourth-order valence-corrected chi connectivity index (χ4v) is 3.50. The summed E-state index contributed by atoms with van der Waals surface area (Å²) >= 11 is 0. The molecule has 0 bridgehead atoms. The van der Waals surface area contributed by atoms with Crippen molar-refractivity contribution in [2.45, 2.75) is 5.92 Å². The highest BCUT2D eigenvalue weighted by Gasteiger charge is 2.25. The van der Waals surface area contributed by atoms with Crippen LogP contribution in [0.5, 0.6) is 0 Å². The van der Waals surface area contributed by atoms with Gasteiger partial charge >= 0.3 is 0 Å². The lowest BCUT2D eigenvalue weighted by Gasteiger charge is -2.16. The molecule has 1 amide bonds. The number of imidazole rings is 1. The van der Waals surface area contributed by atoms with Crippen LogP contribution in [0, 0.1) is 0 Å². The predicted molar refractivity (Wildman–Crippen MR) is 92.7 cm³/mol. The highest BCUT2D eigenvalue weighted by Crippen LogP contribution is 2.21. The van der Waals surface area contributed by atoms with E-state index in [4.69, 9.17) is 0 Å². The maximum atomic E-state index is 12.7. The molecule has 6 nitrogen and oxygen atoms in total. The summed E-state index contributed by atoms with van der Waals surface area (Å²) in [6, 6.07) is 14.4. The molecule has 3 aromatic rings. The number of aromatic nitrogens is 2. The van der Waals surface area contributed by atoms with Gasteiger partial charge in [0.2, 0.25) is 5.91 Å². The standard InChI is InChI=1S/C17H17N3O3S/c1-24(22,23)12-14(13-7-3-2-4-8-13)17(21)19-16-11-18-15-9-5-6-10-20(15)16/h2-11,14H,12H2,1H3,(H,19,21). The fraction of sp³-hybridized carbons (Fsp3) is 0.176. The molecule has 3 rings (SSSR count). The first-order valence-corrected chi connectivity index (χ1v) is 9.46. The molecule has 0 spiro atoms. The second kappa shape index (κ2) is 6.45. The normalized spacial score (nSPS) is 12.9.